The predicted octanol–water partition coefficient (Wildman–Crippen LogP) is 0.481. The first kappa shape index (κ1) is 17.8. The minimum Gasteiger partial charge on any atom is -0.491 e. The third-order valence-corrected chi connectivity index (χ3v) is 4.12. The fourth-order valence-electron chi connectivity index (χ4n) is 2.68. The van der Waals surface area contributed by atoms with Crippen molar-refractivity contribution in [3.05, 3.63) is 67.0 Å². The highest BCUT2D eigenvalue weighted by atomic mass is 16.6. The molecular weight excluding hydrogens is 346 g/mol. The molecule has 1 fully saturated rings. The third-order valence-electron chi connectivity index (χ3n) is 4.12. The Hall–Kier alpha value is -2.98. The molecule has 138 valence electrons. The average Bonchev–Trinajstić information content (AvgIpc) is 2.97. The molecule has 1 aliphatic rings. The number of nitrogens with one attached hydrogen (secondary N) is 1. The molecule has 3 rings (SSSR count). The molecule has 1 aromatic carbocycles. The summed E-state index contributed by atoms with van der Waals surface area (Å²) in [5.41, 5.74) is -0.784. The first-order chi connectivity index (χ1) is 12.3. The van der Waals surface area contributed by atoms with E-state index in [1.807, 2.05) is 0 Å². The van der Waals surface area contributed by atoms with Crippen molar-refractivity contribution in [2.45, 2.75) is 31.8 Å². The summed E-state index contributed by atoms with van der Waals surface area (Å²) >= 11 is 0. The standard InChI is InChI=1S/C16H17N3O7/c1-9-7-18(16(22)17-15(9)21)14-6-12(20)13(26-14)8-25-11-4-2-10(3-5-11)19(23)24/h2-5,7,12-14,20H,6,8H2,1H3,(H,17,21,22)/t12-,13+,14+/m0/s1. The highest BCUT2D eigenvalue weighted by Gasteiger charge is 2.36. The van der Waals surface area contributed by atoms with E-state index in [4.69, 9.17) is 9.47 Å². The van der Waals surface area contributed by atoms with E-state index in [2.05, 4.69) is 4.98 Å². The number of nitro benzene ring substituents is 1. The third kappa shape index (κ3) is 3.65. The van der Waals surface area contributed by atoms with E-state index in [0.29, 0.717) is 11.3 Å². The topological polar surface area (TPSA) is 137 Å². The number of ether oxygens (including phenoxy) is 2. The molecular formula is C16H17N3O7. The van der Waals surface area contributed by atoms with Crippen molar-refractivity contribution >= 4 is 5.69 Å². The van der Waals surface area contributed by atoms with Gasteiger partial charge >= 0.3 is 5.69 Å². The summed E-state index contributed by atoms with van der Waals surface area (Å²) in [6.45, 7) is 1.57. The van der Waals surface area contributed by atoms with Gasteiger partial charge in [-0.05, 0) is 19.1 Å². The molecule has 0 amide bonds. The maximum atomic E-state index is 11.9. The number of benzene rings is 1. The van der Waals surface area contributed by atoms with Gasteiger partial charge in [0.1, 0.15) is 24.7 Å². The molecule has 2 heterocycles. The number of H-pyrrole nitrogens is 1. The summed E-state index contributed by atoms with van der Waals surface area (Å²) < 4.78 is 12.4. The van der Waals surface area contributed by atoms with Gasteiger partial charge in [-0.1, -0.05) is 0 Å². The number of aromatic amines is 1. The summed E-state index contributed by atoms with van der Waals surface area (Å²) in [6.07, 6.45) is -0.720. The second kappa shape index (κ2) is 7.10. The zero-order chi connectivity index (χ0) is 18.8. The van der Waals surface area contributed by atoms with E-state index in [0.717, 1.165) is 0 Å². The van der Waals surface area contributed by atoms with Crippen LogP contribution in [0, 0.1) is 17.0 Å². The van der Waals surface area contributed by atoms with Crippen LogP contribution < -0.4 is 16.0 Å². The van der Waals surface area contributed by atoms with Crippen LogP contribution in [-0.2, 0) is 4.74 Å². The number of aryl methyl sites for hydroxylation is 1. The van der Waals surface area contributed by atoms with E-state index < -0.39 is 34.6 Å². The van der Waals surface area contributed by atoms with Crippen LogP contribution in [0.5, 0.6) is 5.75 Å². The lowest BCUT2D eigenvalue weighted by Crippen LogP contribution is -2.33. The minimum atomic E-state index is -0.864. The van der Waals surface area contributed by atoms with Crippen molar-refractivity contribution < 1.29 is 19.5 Å². The summed E-state index contributed by atoms with van der Waals surface area (Å²) in [5.74, 6) is 0.395. The van der Waals surface area contributed by atoms with Crippen LogP contribution in [0.1, 0.15) is 18.2 Å². The van der Waals surface area contributed by atoms with E-state index in [-0.39, 0.29) is 18.7 Å². The number of non-ortho nitro benzene ring substituents is 1. The molecule has 0 aliphatic carbocycles. The number of nitrogens with zero attached hydrogens (tertiary/aromatic N) is 2. The first-order valence-corrected chi connectivity index (χ1v) is 7.88. The molecule has 1 aliphatic heterocycles. The molecule has 2 aromatic rings. The van der Waals surface area contributed by atoms with E-state index in [9.17, 15) is 24.8 Å². The largest absolute Gasteiger partial charge is 0.491 e. The van der Waals surface area contributed by atoms with Crippen molar-refractivity contribution in [2.75, 3.05) is 6.61 Å². The molecule has 1 aromatic heterocycles. The van der Waals surface area contributed by atoms with Gasteiger partial charge in [-0.3, -0.25) is 24.5 Å². The van der Waals surface area contributed by atoms with Crippen molar-refractivity contribution in [2.24, 2.45) is 0 Å². The Morgan fingerprint density at radius 3 is 2.73 bits per heavy atom. The Morgan fingerprint density at radius 1 is 1.38 bits per heavy atom. The van der Waals surface area contributed by atoms with Crippen LogP contribution in [0.3, 0.4) is 0 Å². The fourth-order valence-corrected chi connectivity index (χ4v) is 2.68. The molecule has 0 spiro atoms. The lowest BCUT2D eigenvalue weighted by Gasteiger charge is -2.17. The number of hydrogen-bond acceptors (Lipinski definition) is 7. The summed E-state index contributed by atoms with van der Waals surface area (Å²) in [7, 11) is 0. The monoisotopic (exact) mass is 363 g/mol. The molecule has 3 atom stereocenters. The number of hydrogen-bond donors (Lipinski definition) is 2. The highest BCUT2D eigenvalue weighted by Crippen LogP contribution is 2.28. The lowest BCUT2D eigenvalue weighted by atomic mass is 10.2. The van der Waals surface area contributed by atoms with Crippen LogP contribution in [0.2, 0.25) is 0 Å². The zero-order valence-electron chi connectivity index (χ0n) is 13.8. The van der Waals surface area contributed by atoms with Gasteiger partial charge in [-0.25, -0.2) is 4.79 Å². The summed E-state index contributed by atoms with van der Waals surface area (Å²) in [5, 5.41) is 20.8. The van der Waals surface area contributed by atoms with Crippen LogP contribution in [0.25, 0.3) is 0 Å². The summed E-state index contributed by atoms with van der Waals surface area (Å²) in [6, 6.07) is 5.53. The van der Waals surface area contributed by atoms with Gasteiger partial charge in [0.25, 0.3) is 11.2 Å². The van der Waals surface area contributed by atoms with Gasteiger partial charge in [0.15, 0.2) is 0 Å². The van der Waals surface area contributed by atoms with Crippen molar-refractivity contribution in [3.63, 3.8) is 0 Å². The van der Waals surface area contributed by atoms with Crippen molar-refractivity contribution in [1.82, 2.24) is 9.55 Å². The number of aliphatic hydroxyl groups excluding tert-OH is 1. The van der Waals surface area contributed by atoms with Crippen molar-refractivity contribution in [3.8, 4) is 5.75 Å². The zero-order valence-corrected chi connectivity index (χ0v) is 13.8. The SMILES string of the molecule is Cc1cn([C@H]2C[C@H](O)[C@@H](COc3ccc([N+](=O)[O-])cc3)O2)c(=O)[nH]c1=O. The molecule has 0 unspecified atom stereocenters. The van der Waals surface area contributed by atoms with Crippen LogP contribution in [0.15, 0.2) is 40.1 Å². The Morgan fingerprint density at radius 2 is 2.08 bits per heavy atom. The van der Waals surface area contributed by atoms with Gasteiger partial charge in [0, 0.05) is 30.3 Å². The van der Waals surface area contributed by atoms with Crippen molar-refractivity contribution in [1.29, 1.82) is 0 Å². The molecule has 26 heavy (non-hydrogen) atoms. The van der Waals surface area contributed by atoms with Crippen LogP contribution >= 0.6 is 0 Å². The van der Waals surface area contributed by atoms with E-state index in [1.165, 1.54) is 35.0 Å². The Labute approximate surface area is 146 Å². The van der Waals surface area contributed by atoms with Gasteiger partial charge in [-0.15, -0.1) is 0 Å². The molecule has 0 saturated carbocycles. The van der Waals surface area contributed by atoms with E-state index in [1.54, 1.807) is 6.92 Å². The second-order valence-electron chi connectivity index (χ2n) is 5.97. The van der Waals surface area contributed by atoms with Crippen LogP contribution in [-0.4, -0.2) is 38.4 Å². The summed E-state index contributed by atoms with van der Waals surface area (Å²) in [4.78, 5) is 35.7. The first-order valence-electron chi connectivity index (χ1n) is 7.88. The van der Waals surface area contributed by atoms with Gasteiger partial charge in [0.05, 0.1) is 11.0 Å². The quantitative estimate of drug-likeness (QED) is 0.582. The van der Waals surface area contributed by atoms with Gasteiger partial charge < -0.3 is 14.6 Å². The normalized spacial score (nSPS) is 22.3. The number of aromatic nitrogens is 2. The number of nitro groups is 1. The Kier molecular flexibility index (Phi) is 4.87. The Balaban J connectivity index is 1.66. The lowest BCUT2D eigenvalue weighted by molar-refractivity contribution is -0.384. The Bertz CT molecular complexity index is 919. The van der Waals surface area contributed by atoms with Crippen LogP contribution in [0.4, 0.5) is 5.69 Å². The van der Waals surface area contributed by atoms with Gasteiger partial charge in [0.2, 0.25) is 0 Å². The fraction of sp³-hybridized carbons (Fsp3) is 0.375. The average molecular weight is 363 g/mol. The molecule has 0 radical (unpaired) electrons. The number of rotatable bonds is 5. The number of aliphatic hydroxyl groups is 1. The van der Waals surface area contributed by atoms with E-state index >= 15 is 0 Å². The smallest absolute Gasteiger partial charge is 0.330 e. The maximum absolute atomic E-state index is 11.9. The molecule has 2 N–H and O–H groups in total. The molecule has 1 saturated heterocycles. The second-order valence-corrected chi connectivity index (χ2v) is 5.97. The molecule has 0 bridgehead atoms. The maximum Gasteiger partial charge on any atom is 0.330 e. The predicted molar refractivity (Wildman–Crippen MR) is 89.2 cm³/mol. The molecule has 10 heteroatoms. The highest BCUT2D eigenvalue weighted by molar-refractivity contribution is 5.35. The molecule has 10 nitrogen and oxygen atoms in total. The minimum absolute atomic E-state index is 0.00651. The van der Waals surface area contributed by atoms with Gasteiger partial charge in [-0.2, -0.15) is 0 Å².